The summed E-state index contributed by atoms with van der Waals surface area (Å²) in [6, 6.07) is 13.7. The molecule has 0 atom stereocenters. The third kappa shape index (κ3) is 3.85. The number of hydrogen-bond acceptors (Lipinski definition) is 4. The van der Waals surface area contributed by atoms with Crippen LogP contribution >= 0.6 is 0 Å². The fraction of sp³-hybridized carbons (Fsp3) is 0.182. The van der Waals surface area contributed by atoms with Crippen LogP contribution in [0.15, 0.2) is 53.1 Å². The Morgan fingerprint density at radius 1 is 1.24 bits per heavy atom. The van der Waals surface area contributed by atoms with Crippen molar-refractivity contribution in [2.45, 2.75) is 13.3 Å². The van der Waals surface area contributed by atoms with Gasteiger partial charge in [0.05, 0.1) is 18.4 Å². The van der Waals surface area contributed by atoms with E-state index in [0.29, 0.717) is 35.4 Å². The Labute approximate surface area is 166 Å². The van der Waals surface area contributed by atoms with E-state index >= 15 is 0 Å². The molecule has 2 aromatic carbocycles. The van der Waals surface area contributed by atoms with E-state index in [1.807, 2.05) is 30.3 Å². The maximum absolute atomic E-state index is 13.6. The molecule has 0 bridgehead atoms. The van der Waals surface area contributed by atoms with E-state index in [9.17, 15) is 9.18 Å². The van der Waals surface area contributed by atoms with E-state index in [1.165, 1.54) is 12.1 Å². The van der Waals surface area contributed by atoms with Gasteiger partial charge in [-0.3, -0.25) is 4.79 Å². The van der Waals surface area contributed by atoms with Crippen molar-refractivity contribution in [3.8, 4) is 17.1 Å². The molecule has 7 heteroatoms. The summed E-state index contributed by atoms with van der Waals surface area (Å²) in [4.78, 5) is 15.7. The molecule has 2 heterocycles. The molecule has 29 heavy (non-hydrogen) atoms. The van der Waals surface area contributed by atoms with Gasteiger partial charge in [-0.2, -0.15) is 0 Å². The van der Waals surface area contributed by atoms with Crippen LogP contribution in [-0.4, -0.2) is 29.7 Å². The minimum Gasteiger partial charge on any atom is -0.497 e. The Kier molecular flexibility index (Phi) is 5.03. The fourth-order valence-electron chi connectivity index (χ4n) is 3.33. The minimum absolute atomic E-state index is 0.254. The van der Waals surface area contributed by atoms with Crippen molar-refractivity contribution >= 4 is 16.8 Å². The lowest BCUT2D eigenvalue weighted by Crippen LogP contribution is -2.26. The predicted molar refractivity (Wildman–Crippen MR) is 108 cm³/mol. The predicted octanol–water partition coefficient (Wildman–Crippen LogP) is 4.25. The van der Waals surface area contributed by atoms with E-state index < -0.39 is 0 Å². The lowest BCUT2D eigenvalue weighted by Gasteiger charge is -2.04. The Morgan fingerprint density at radius 3 is 2.93 bits per heavy atom. The molecule has 0 unspecified atom stereocenters. The van der Waals surface area contributed by atoms with Crippen LogP contribution in [0.5, 0.6) is 5.75 Å². The second-order valence-electron chi connectivity index (χ2n) is 6.74. The molecule has 0 saturated heterocycles. The maximum atomic E-state index is 13.6. The summed E-state index contributed by atoms with van der Waals surface area (Å²) in [6.45, 7) is 2.18. The number of halogens is 1. The van der Waals surface area contributed by atoms with Crippen LogP contribution in [0, 0.1) is 12.7 Å². The van der Waals surface area contributed by atoms with Gasteiger partial charge in [-0.1, -0.05) is 17.3 Å². The Morgan fingerprint density at radius 2 is 2.10 bits per heavy atom. The van der Waals surface area contributed by atoms with Crippen LogP contribution in [0.4, 0.5) is 4.39 Å². The van der Waals surface area contributed by atoms with Gasteiger partial charge >= 0.3 is 0 Å². The van der Waals surface area contributed by atoms with Crippen molar-refractivity contribution in [2.24, 2.45) is 0 Å². The minimum atomic E-state index is -0.377. The molecule has 0 fully saturated rings. The van der Waals surface area contributed by atoms with Gasteiger partial charge < -0.3 is 19.6 Å². The number of methoxy groups -OCH3 is 1. The average molecular weight is 393 g/mol. The molecule has 0 aliphatic carbocycles. The van der Waals surface area contributed by atoms with E-state index in [-0.39, 0.29) is 11.7 Å². The molecule has 4 aromatic rings. The third-order valence-corrected chi connectivity index (χ3v) is 4.76. The van der Waals surface area contributed by atoms with Crippen LogP contribution in [0.3, 0.4) is 0 Å². The summed E-state index contributed by atoms with van der Waals surface area (Å²) in [5.41, 5.74) is 3.48. The number of aryl methyl sites for hydroxylation is 1. The molecule has 6 nitrogen and oxygen atoms in total. The highest BCUT2D eigenvalue weighted by molar-refractivity contribution is 6.08. The van der Waals surface area contributed by atoms with E-state index in [0.717, 1.165) is 22.5 Å². The maximum Gasteiger partial charge on any atom is 0.253 e. The standard InChI is InChI=1S/C22H20FN3O3/c1-13-21(18-11-15(23)6-7-19(18)25-13)22(27)24-9-8-16-12-20(29-26-16)14-4-3-5-17(10-14)28-2/h3-7,10-12,25H,8-9H2,1-2H3,(H,24,27). The van der Waals surface area contributed by atoms with Gasteiger partial charge in [0.25, 0.3) is 5.91 Å². The van der Waals surface area contributed by atoms with E-state index in [2.05, 4.69) is 15.5 Å². The molecule has 2 N–H and O–H groups in total. The molecule has 1 amide bonds. The molecule has 0 spiro atoms. The molecular formula is C22H20FN3O3. The summed E-state index contributed by atoms with van der Waals surface area (Å²) in [6.07, 6.45) is 0.509. The van der Waals surface area contributed by atoms with Crippen LogP contribution in [-0.2, 0) is 6.42 Å². The normalized spacial score (nSPS) is 11.0. The highest BCUT2D eigenvalue weighted by Crippen LogP contribution is 2.25. The number of aromatic amines is 1. The van der Waals surface area contributed by atoms with Crippen molar-refractivity contribution in [1.82, 2.24) is 15.5 Å². The number of amides is 1. The Hall–Kier alpha value is -3.61. The number of hydrogen-bond donors (Lipinski definition) is 2. The zero-order valence-electron chi connectivity index (χ0n) is 16.1. The quantitative estimate of drug-likeness (QED) is 0.513. The summed E-state index contributed by atoms with van der Waals surface area (Å²) in [7, 11) is 1.61. The van der Waals surface area contributed by atoms with Crippen molar-refractivity contribution in [3.63, 3.8) is 0 Å². The number of nitrogens with zero attached hydrogens (tertiary/aromatic N) is 1. The van der Waals surface area contributed by atoms with Crippen LogP contribution in [0.2, 0.25) is 0 Å². The molecule has 0 aliphatic rings. The summed E-state index contributed by atoms with van der Waals surface area (Å²) < 4.78 is 24.2. The smallest absolute Gasteiger partial charge is 0.253 e. The van der Waals surface area contributed by atoms with Gasteiger partial charge in [-0.25, -0.2) is 4.39 Å². The summed E-state index contributed by atoms with van der Waals surface area (Å²) >= 11 is 0. The lowest BCUT2D eigenvalue weighted by molar-refractivity contribution is 0.0955. The monoisotopic (exact) mass is 393 g/mol. The van der Waals surface area contributed by atoms with Gasteiger partial charge in [0, 0.05) is 41.2 Å². The second-order valence-corrected chi connectivity index (χ2v) is 6.74. The Bertz CT molecular complexity index is 1180. The number of aromatic nitrogens is 2. The van der Waals surface area contributed by atoms with Gasteiger partial charge in [0.15, 0.2) is 5.76 Å². The highest BCUT2D eigenvalue weighted by atomic mass is 19.1. The Balaban J connectivity index is 1.42. The molecular weight excluding hydrogens is 373 g/mol. The average Bonchev–Trinajstić information content (AvgIpc) is 3.31. The van der Waals surface area contributed by atoms with Gasteiger partial charge in [-0.15, -0.1) is 0 Å². The lowest BCUT2D eigenvalue weighted by atomic mass is 10.1. The molecule has 148 valence electrons. The van der Waals surface area contributed by atoms with Crippen molar-refractivity contribution in [1.29, 1.82) is 0 Å². The van der Waals surface area contributed by atoms with Gasteiger partial charge in [0.2, 0.25) is 0 Å². The van der Waals surface area contributed by atoms with Crippen LogP contribution in [0.25, 0.3) is 22.2 Å². The fourth-order valence-corrected chi connectivity index (χ4v) is 3.33. The number of rotatable bonds is 6. The zero-order valence-corrected chi connectivity index (χ0v) is 16.1. The van der Waals surface area contributed by atoms with Crippen LogP contribution < -0.4 is 10.1 Å². The van der Waals surface area contributed by atoms with Crippen molar-refractivity contribution in [2.75, 3.05) is 13.7 Å². The molecule has 0 radical (unpaired) electrons. The number of carbonyl (C=O) groups excluding carboxylic acids is 1. The first-order valence-electron chi connectivity index (χ1n) is 9.21. The van der Waals surface area contributed by atoms with E-state index in [4.69, 9.17) is 9.26 Å². The second kappa shape index (κ2) is 7.79. The SMILES string of the molecule is COc1cccc(-c2cc(CCNC(=O)c3c(C)[nH]c4ccc(F)cc34)no2)c1. The van der Waals surface area contributed by atoms with Crippen molar-refractivity contribution in [3.05, 3.63) is 71.3 Å². The molecule has 0 saturated carbocycles. The topological polar surface area (TPSA) is 80.1 Å². The number of H-pyrrole nitrogens is 1. The first-order valence-corrected chi connectivity index (χ1v) is 9.21. The molecule has 0 aliphatic heterocycles. The number of carbonyl (C=O) groups is 1. The first kappa shape index (κ1) is 18.7. The number of benzene rings is 2. The van der Waals surface area contributed by atoms with Crippen LogP contribution in [0.1, 0.15) is 21.7 Å². The van der Waals surface area contributed by atoms with Gasteiger partial charge in [0.1, 0.15) is 11.6 Å². The first-order chi connectivity index (χ1) is 14.0. The number of ether oxygens (including phenoxy) is 1. The van der Waals surface area contributed by atoms with E-state index in [1.54, 1.807) is 20.1 Å². The molecule has 4 rings (SSSR count). The third-order valence-electron chi connectivity index (χ3n) is 4.76. The summed E-state index contributed by atoms with van der Waals surface area (Å²) in [5, 5.41) is 7.51. The van der Waals surface area contributed by atoms with Crippen molar-refractivity contribution < 1.29 is 18.4 Å². The molecule has 2 aromatic heterocycles. The largest absolute Gasteiger partial charge is 0.497 e. The number of fused-ring (bicyclic) bond motifs is 1. The van der Waals surface area contributed by atoms with Gasteiger partial charge in [-0.05, 0) is 37.3 Å². The zero-order chi connectivity index (χ0) is 20.4. The highest BCUT2D eigenvalue weighted by Gasteiger charge is 2.16. The summed E-state index contributed by atoms with van der Waals surface area (Å²) in [5.74, 6) is 0.737. The number of nitrogens with one attached hydrogen (secondary N) is 2.